The van der Waals surface area contributed by atoms with Crippen LogP contribution in [0.1, 0.15) is 19.8 Å². The van der Waals surface area contributed by atoms with Gasteiger partial charge >= 0.3 is 11.9 Å². The van der Waals surface area contributed by atoms with Crippen molar-refractivity contribution in [1.82, 2.24) is 0 Å². The number of esters is 1. The summed E-state index contributed by atoms with van der Waals surface area (Å²) in [6.45, 7) is 1.90. The molecule has 0 aliphatic carbocycles. The van der Waals surface area contributed by atoms with Crippen molar-refractivity contribution in [1.29, 1.82) is 0 Å². The Bertz CT molecular complexity index is 181. The molecule has 1 N–H and O–H groups in total. The van der Waals surface area contributed by atoms with Crippen molar-refractivity contribution in [2.24, 2.45) is 0 Å². The molecule has 0 amide bonds. The van der Waals surface area contributed by atoms with Gasteiger partial charge in [-0.3, -0.25) is 9.59 Å². The highest BCUT2D eigenvalue weighted by atomic mass is 32.2. The maximum Gasteiger partial charge on any atom is 0.315 e. The lowest BCUT2D eigenvalue weighted by Crippen LogP contribution is -2.08. The van der Waals surface area contributed by atoms with E-state index < -0.39 is 5.97 Å². The van der Waals surface area contributed by atoms with Gasteiger partial charge in [0.1, 0.15) is 0 Å². The van der Waals surface area contributed by atoms with E-state index in [1.807, 2.05) is 6.92 Å². The third-order valence-electron chi connectivity index (χ3n) is 1.48. The molecule has 0 spiro atoms. The monoisotopic (exact) mass is 206 g/mol. The number of carbonyl (C=O) groups is 2. The summed E-state index contributed by atoms with van der Waals surface area (Å²) in [5.74, 6) is -0.783. The Kier molecular flexibility index (Phi) is 6.40. The third-order valence-corrected chi connectivity index (χ3v) is 2.69. The van der Waals surface area contributed by atoms with Gasteiger partial charge in [0.05, 0.1) is 12.9 Å². The highest BCUT2D eigenvalue weighted by molar-refractivity contribution is 8.00. The van der Waals surface area contributed by atoms with Gasteiger partial charge in [-0.05, 0) is 6.42 Å². The van der Waals surface area contributed by atoms with Gasteiger partial charge in [-0.1, -0.05) is 6.92 Å². The lowest BCUT2D eigenvalue weighted by Gasteiger charge is -2.07. The Morgan fingerprint density at radius 3 is 2.62 bits per heavy atom. The van der Waals surface area contributed by atoms with Gasteiger partial charge in [-0.2, -0.15) is 0 Å². The molecule has 13 heavy (non-hydrogen) atoms. The van der Waals surface area contributed by atoms with Crippen LogP contribution in [-0.2, 0) is 14.3 Å². The molecule has 0 fully saturated rings. The van der Waals surface area contributed by atoms with E-state index in [1.165, 1.54) is 18.9 Å². The molecule has 76 valence electrons. The van der Waals surface area contributed by atoms with Crippen LogP contribution in [0.3, 0.4) is 0 Å². The van der Waals surface area contributed by atoms with Gasteiger partial charge in [-0.15, -0.1) is 11.8 Å². The van der Waals surface area contributed by atoms with E-state index in [9.17, 15) is 9.59 Å². The molecule has 0 aromatic rings. The molecule has 0 aliphatic rings. The minimum Gasteiger partial charge on any atom is -0.481 e. The average molecular weight is 206 g/mol. The van der Waals surface area contributed by atoms with Gasteiger partial charge in [0.25, 0.3) is 0 Å². The molecular weight excluding hydrogens is 192 g/mol. The Labute approximate surface area is 81.6 Å². The van der Waals surface area contributed by atoms with Gasteiger partial charge in [0, 0.05) is 11.7 Å². The molecule has 0 rings (SSSR count). The summed E-state index contributed by atoms with van der Waals surface area (Å²) < 4.78 is 4.45. The number of carboxylic acid groups (broad SMARTS) is 1. The van der Waals surface area contributed by atoms with Crippen molar-refractivity contribution in [2.75, 3.05) is 12.9 Å². The average Bonchev–Trinajstić information content (AvgIpc) is 2.10. The first-order valence-corrected chi connectivity index (χ1v) is 5.01. The molecule has 0 saturated heterocycles. The zero-order valence-corrected chi connectivity index (χ0v) is 8.60. The smallest absolute Gasteiger partial charge is 0.315 e. The number of carboxylic acids is 1. The van der Waals surface area contributed by atoms with Crippen molar-refractivity contribution in [3.8, 4) is 0 Å². The Morgan fingerprint density at radius 1 is 1.54 bits per heavy atom. The minimum absolute atomic E-state index is 0.148. The quantitative estimate of drug-likeness (QED) is 0.660. The van der Waals surface area contributed by atoms with Crippen LogP contribution in [0.5, 0.6) is 0 Å². The van der Waals surface area contributed by atoms with Crippen LogP contribution >= 0.6 is 11.8 Å². The van der Waals surface area contributed by atoms with E-state index in [1.54, 1.807) is 0 Å². The molecule has 1 unspecified atom stereocenters. The second kappa shape index (κ2) is 6.77. The SMILES string of the molecule is COC(=O)CSC(C)CCC(=O)O. The fourth-order valence-electron chi connectivity index (χ4n) is 0.679. The van der Waals surface area contributed by atoms with Crippen molar-refractivity contribution in [3.63, 3.8) is 0 Å². The summed E-state index contributed by atoms with van der Waals surface area (Å²) in [6, 6.07) is 0. The number of hydrogen-bond acceptors (Lipinski definition) is 4. The summed E-state index contributed by atoms with van der Waals surface area (Å²) in [5, 5.41) is 8.56. The highest BCUT2D eigenvalue weighted by Crippen LogP contribution is 2.15. The number of ether oxygens (including phenoxy) is 1. The van der Waals surface area contributed by atoms with Crippen LogP contribution < -0.4 is 0 Å². The fraction of sp³-hybridized carbons (Fsp3) is 0.750. The summed E-state index contributed by atoms with van der Waals surface area (Å²) >= 11 is 1.41. The molecule has 1 atom stereocenters. The van der Waals surface area contributed by atoms with Crippen LogP contribution in [0, 0.1) is 0 Å². The van der Waals surface area contributed by atoms with E-state index in [-0.39, 0.29) is 23.4 Å². The molecule has 0 aromatic heterocycles. The van der Waals surface area contributed by atoms with Crippen LogP contribution in [0.2, 0.25) is 0 Å². The van der Waals surface area contributed by atoms with Crippen molar-refractivity contribution < 1.29 is 19.4 Å². The van der Waals surface area contributed by atoms with E-state index in [0.29, 0.717) is 6.42 Å². The lowest BCUT2D eigenvalue weighted by atomic mass is 10.2. The highest BCUT2D eigenvalue weighted by Gasteiger charge is 2.08. The maximum absolute atomic E-state index is 10.7. The summed E-state index contributed by atoms with van der Waals surface area (Å²) in [7, 11) is 1.34. The van der Waals surface area contributed by atoms with E-state index in [4.69, 9.17) is 5.11 Å². The van der Waals surface area contributed by atoms with E-state index in [2.05, 4.69) is 4.74 Å². The lowest BCUT2D eigenvalue weighted by molar-refractivity contribution is -0.138. The second-order valence-electron chi connectivity index (χ2n) is 2.63. The largest absolute Gasteiger partial charge is 0.481 e. The summed E-state index contributed by atoms with van der Waals surface area (Å²) in [4.78, 5) is 20.9. The minimum atomic E-state index is -0.800. The zero-order chi connectivity index (χ0) is 10.3. The van der Waals surface area contributed by atoms with Crippen molar-refractivity contribution >= 4 is 23.7 Å². The number of aliphatic carboxylic acids is 1. The van der Waals surface area contributed by atoms with Gasteiger partial charge in [0.15, 0.2) is 0 Å². The van der Waals surface area contributed by atoms with Gasteiger partial charge < -0.3 is 9.84 Å². The molecular formula is C8H14O4S. The molecule has 4 nitrogen and oxygen atoms in total. The first-order valence-electron chi connectivity index (χ1n) is 3.96. The van der Waals surface area contributed by atoms with Crippen LogP contribution in [0.25, 0.3) is 0 Å². The molecule has 0 saturated carbocycles. The van der Waals surface area contributed by atoms with E-state index in [0.717, 1.165) is 0 Å². The van der Waals surface area contributed by atoms with Crippen LogP contribution in [0.15, 0.2) is 0 Å². The predicted octanol–water partition coefficient (Wildman–Crippen LogP) is 1.15. The standard InChI is InChI=1S/C8H14O4S/c1-6(3-4-7(9)10)13-5-8(11)12-2/h6H,3-5H2,1-2H3,(H,9,10). The van der Waals surface area contributed by atoms with Crippen LogP contribution in [0.4, 0.5) is 0 Å². The number of rotatable bonds is 6. The number of hydrogen-bond donors (Lipinski definition) is 1. The zero-order valence-electron chi connectivity index (χ0n) is 7.78. The Balaban J connectivity index is 3.45. The first kappa shape index (κ1) is 12.3. The number of methoxy groups -OCH3 is 1. The molecule has 5 heteroatoms. The normalized spacial score (nSPS) is 12.2. The van der Waals surface area contributed by atoms with Crippen molar-refractivity contribution in [3.05, 3.63) is 0 Å². The fourth-order valence-corrected chi connectivity index (χ4v) is 1.50. The summed E-state index contributed by atoms with van der Waals surface area (Å²) in [6.07, 6.45) is 0.729. The third kappa shape index (κ3) is 7.64. The first-order chi connectivity index (χ1) is 6.06. The van der Waals surface area contributed by atoms with E-state index >= 15 is 0 Å². The second-order valence-corrected chi connectivity index (χ2v) is 4.06. The number of thioether (sulfide) groups is 1. The molecule has 0 heterocycles. The predicted molar refractivity (Wildman–Crippen MR) is 50.8 cm³/mol. The molecule has 0 radical (unpaired) electrons. The number of carbonyl (C=O) groups excluding carboxylic acids is 1. The molecule has 0 aromatic carbocycles. The Morgan fingerprint density at radius 2 is 2.15 bits per heavy atom. The topological polar surface area (TPSA) is 63.6 Å². The van der Waals surface area contributed by atoms with Crippen LogP contribution in [-0.4, -0.2) is 35.2 Å². The summed E-state index contributed by atoms with van der Waals surface area (Å²) in [5.41, 5.74) is 0. The maximum atomic E-state index is 10.7. The molecule has 0 aliphatic heterocycles. The molecule has 0 bridgehead atoms. The van der Waals surface area contributed by atoms with Gasteiger partial charge in [-0.25, -0.2) is 0 Å². The Hall–Kier alpha value is -0.710. The van der Waals surface area contributed by atoms with Gasteiger partial charge in [0.2, 0.25) is 0 Å². The van der Waals surface area contributed by atoms with Crippen molar-refractivity contribution in [2.45, 2.75) is 25.0 Å².